The first-order chi connectivity index (χ1) is 15.6. The maximum Gasteiger partial charge on any atom is 0.278 e. The molecule has 3 aliphatic rings. The molecule has 2 aromatic carbocycles. The highest BCUT2D eigenvalue weighted by atomic mass is 35.5. The molecular formula is C27H29ClN2O2. The molecule has 0 saturated heterocycles. The molecule has 1 fully saturated rings. The zero-order chi connectivity index (χ0) is 22.1. The lowest BCUT2D eigenvalue weighted by Gasteiger charge is -2.33. The van der Waals surface area contributed by atoms with E-state index in [0.29, 0.717) is 22.8 Å². The minimum absolute atomic E-state index is 0.00724. The standard InChI is InChI=1S/C27H29ClN2O2/c28-22-14-12-20(13-15-22)24-25(29-17-16-19-8-6-7-9-21(19)18-29)27(32)30(26(24)31)23-10-4-2-1-3-5-11-23/h6-9,12-15,23H,1-5,10-11,16-18H2. The SMILES string of the molecule is O=C1C(c2ccc(Cl)cc2)=C(N2CCc3ccccc3C2)C(=O)N1C1CCCCCCC1. The Morgan fingerprint density at radius 3 is 2.16 bits per heavy atom. The minimum Gasteiger partial charge on any atom is -0.362 e. The van der Waals surface area contributed by atoms with E-state index in [1.54, 1.807) is 17.0 Å². The largest absolute Gasteiger partial charge is 0.362 e. The summed E-state index contributed by atoms with van der Waals surface area (Å²) in [5, 5.41) is 0.622. The van der Waals surface area contributed by atoms with E-state index in [4.69, 9.17) is 11.6 Å². The number of carbonyl (C=O) groups is 2. The number of hydrogen-bond donors (Lipinski definition) is 0. The highest BCUT2D eigenvalue weighted by Crippen LogP contribution is 2.37. The molecule has 1 aliphatic carbocycles. The van der Waals surface area contributed by atoms with Gasteiger partial charge in [0.25, 0.3) is 11.8 Å². The number of imide groups is 1. The van der Waals surface area contributed by atoms with Crippen LogP contribution in [-0.4, -0.2) is 34.2 Å². The van der Waals surface area contributed by atoms with Gasteiger partial charge in [-0.2, -0.15) is 0 Å². The number of nitrogens with zero attached hydrogens (tertiary/aromatic N) is 2. The van der Waals surface area contributed by atoms with E-state index in [-0.39, 0.29) is 17.9 Å². The second-order valence-corrected chi connectivity index (χ2v) is 9.59. The predicted octanol–water partition coefficient (Wildman–Crippen LogP) is 5.59. The first-order valence-corrected chi connectivity index (χ1v) is 12.2. The van der Waals surface area contributed by atoms with Crippen LogP contribution < -0.4 is 0 Å². The average molecular weight is 449 g/mol. The molecule has 0 bridgehead atoms. The molecule has 2 amide bonds. The normalized spacial score (nSPS) is 20.4. The topological polar surface area (TPSA) is 40.6 Å². The van der Waals surface area contributed by atoms with Gasteiger partial charge in [-0.15, -0.1) is 0 Å². The number of benzene rings is 2. The summed E-state index contributed by atoms with van der Waals surface area (Å²) in [7, 11) is 0. The third-order valence-electron chi connectivity index (χ3n) is 7.11. The van der Waals surface area contributed by atoms with E-state index in [0.717, 1.165) is 44.2 Å². The van der Waals surface area contributed by atoms with Crippen molar-refractivity contribution in [2.75, 3.05) is 6.54 Å². The molecule has 0 aromatic heterocycles. The molecule has 32 heavy (non-hydrogen) atoms. The third kappa shape index (κ3) is 3.97. The molecule has 1 saturated carbocycles. The van der Waals surface area contributed by atoms with Crippen LogP contribution in [0.1, 0.15) is 61.6 Å². The van der Waals surface area contributed by atoms with Gasteiger partial charge in [-0.25, -0.2) is 0 Å². The second-order valence-electron chi connectivity index (χ2n) is 9.15. The van der Waals surface area contributed by atoms with E-state index < -0.39 is 0 Å². The lowest BCUT2D eigenvalue weighted by atomic mass is 9.95. The number of amides is 2. The molecule has 0 radical (unpaired) electrons. The van der Waals surface area contributed by atoms with Crippen LogP contribution in [0, 0.1) is 0 Å². The van der Waals surface area contributed by atoms with Gasteiger partial charge in [0, 0.05) is 24.2 Å². The van der Waals surface area contributed by atoms with Crippen LogP contribution in [0.2, 0.25) is 5.02 Å². The van der Waals surface area contributed by atoms with Gasteiger partial charge in [-0.1, -0.05) is 80.1 Å². The van der Waals surface area contributed by atoms with Crippen molar-refractivity contribution >= 4 is 29.0 Å². The van der Waals surface area contributed by atoms with Crippen molar-refractivity contribution in [3.8, 4) is 0 Å². The molecule has 2 aromatic rings. The van der Waals surface area contributed by atoms with Crippen molar-refractivity contribution in [2.24, 2.45) is 0 Å². The fourth-order valence-corrected chi connectivity index (χ4v) is 5.54. The summed E-state index contributed by atoms with van der Waals surface area (Å²) in [5.41, 5.74) is 4.43. The Morgan fingerprint density at radius 2 is 1.44 bits per heavy atom. The summed E-state index contributed by atoms with van der Waals surface area (Å²) in [4.78, 5) is 31.3. The van der Waals surface area contributed by atoms with Gasteiger partial charge in [-0.05, 0) is 48.1 Å². The minimum atomic E-state index is -0.142. The monoisotopic (exact) mass is 448 g/mol. The Balaban J connectivity index is 1.54. The molecule has 166 valence electrons. The number of hydrogen-bond acceptors (Lipinski definition) is 3. The summed E-state index contributed by atoms with van der Waals surface area (Å²) in [6.45, 7) is 1.39. The maximum absolute atomic E-state index is 13.9. The fraction of sp³-hybridized carbons (Fsp3) is 0.407. The van der Waals surface area contributed by atoms with Crippen LogP contribution in [0.25, 0.3) is 5.57 Å². The van der Waals surface area contributed by atoms with Crippen LogP contribution in [0.5, 0.6) is 0 Å². The van der Waals surface area contributed by atoms with Crippen LogP contribution in [0.3, 0.4) is 0 Å². The van der Waals surface area contributed by atoms with E-state index >= 15 is 0 Å². The fourth-order valence-electron chi connectivity index (χ4n) is 5.42. The zero-order valence-electron chi connectivity index (χ0n) is 18.4. The molecular weight excluding hydrogens is 420 g/mol. The van der Waals surface area contributed by atoms with Crippen molar-refractivity contribution < 1.29 is 9.59 Å². The molecule has 5 rings (SSSR count). The Morgan fingerprint density at radius 1 is 0.781 bits per heavy atom. The van der Waals surface area contributed by atoms with Gasteiger partial charge in [0.2, 0.25) is 0 Å². The van der Waals surface area contributed by atoms with Gasteiger partial charge < -0.3 is 4.90 Å². The third-order valence-corrected chi connectivity index (χ3v) is 7.36. The summed E-state index contributed by atoms with van der Waals surface area (Å²) in [6.07, 6.45) is 8.44. The van der Waals surface area contributed by atoms with Gasteiger partial charge >= 0.3 is 0 Å². The van der Waals surface area contributed by atoms with Gasteiger partial charge in [0.05, 0.1) is 5.57 Å². The van der Waals surface area contributed by atoms with Gasteiger partial charge in [-0.3, -0.25) is 14.5 Å². The maximum atomic E-state index is 13.9. The van der Waals surface area contributed by atoms with Crippen LogP contribution >= 0.6 is 11.6 Å². The Hall–Kier alpha value is -2.59. The second kappa shape index (κ2) is 9.11. The molecule has 0 unspecified atom stereocenters. The van der Waals surface area contributed by atoms with Crippen molar-refractivity contribution in [1.82, 2.24) is 9.80 Å². The van der Waals surface area contributed by atoms with E-state index in [1.807, 2.05) is 18.2 Å². The average Bonchev–Trinajstić information content (AvgIpc) is 3.04. The quantitative estimate of drug-likeness (QED) is 0.574. The molecule has 0 atom stereocenters. The number of rotatable bonds is 3. The van der Waals surface area contributed by atoms with Gasteiger partial charge in [0.1, 0.15) is 5.70 Å². The van der Waals surface area contributed by atoms with Crippen LogP contribution in [0.4, 0.5) is 0 Å². The molecule has 0 spiro atoms. The van der Waals surface area contributed by atoms with E-state index in [2.05, 4.69) is 23.1 Å². The molecule has 4 nitrogen and oxygen atoms in total. The molecule has 5 heteroatoms. The summed E-state index contributed by atoms with van der Waals surface area (Å²) >= 11 is 6.12. The summed E-state index contributed by atoms with van der Waals surface area (Å²) in [6, 6.07) is 15.7. The Bertz CT molecular complexity index is 1050. The van der Waals surface area contributed by atoms with E-state index in [9.17, 15) is 9.59 Å². The van der Waals surface area contributed by atoms with E-state index in [1.165, 1.54) is 30.4 Å². The number of fused-ring (bicyclic) bond motifs is 1. The molecule has 2 heterocycles. The van der Waals surface area contributed by atoms with Crippen LogP contribution in [0.15, 0.2) is 54.2 Å². The molecule has 2 aliphatic heterocycles. The summed E-state index contributed by atoms with van der Waals surface area (Å²) in [5.74, 6) is -0.262. The first-order valence-electron chi connectivity index (χ1n) is 11.8. The van der Waals surface area contributed by atoms with Crippen molar-refractivity contribution in [3.05, 3.63) is 75.9 Å². The van der Waals surface area contributed by atoms with Crippen molar-refractivity contribution in [2.45, 2.75) is 64.0 Å². The van der Waals surface area contributed by atoms with Crippen molar-refractivity contribution in [1.29, 1.82) is 0 Å². The lowest BCUT2D eigenvalue weighted by molar-refractivity contribution is -0.140. The smallest absolute Gasteiger partial charge is 0.278 e. The predicted molar refractivity (Wildman–Crippen MR) is 127 cm³/mol. The summed E-state index contributed by atoms with van der Waals surface area (Å²) < 4.78 is 0. The first kappa shape index (κ1) is 21.3. The van der Waals surface area contributed by atoms with Crippen LogP contribution in [-0.2, 0) is 22.6 Å². The highest BCUT2D eigenvalue weighted by Gasteiger charge is 2.45. The number of halogens is 1. The number of carbonyl (C=O) groups excluding carboxylic acids is 2. The van der Waals surface area contributed by atoms with Crippen molar-refractivity contribution in [3.63, 3.8) is 0 Å². The lowest BCUT2D eigenvalue weighted by Crippen LogP contribution is -2.43. The van der Waals surface area contributed by atoms with Gasteiger partial charge in [0.15, 0.2) is 0 Å². The Labute approximate surface area is 194 Å². The zero-order valence-corrected chi connectivity index (χ0v) is 19.1. The molecule has 0 N–H and O–H groups in total. The Kier molecular flexibility index (Phi) is 6.05. The highest BCUT2D eigenvalue weighted by molar-refractivity contribution is 6.36.